The summed E-state index contributed by atoms with van der Waals surface area (Å²) in [6.45, 7) is 8.49. The van der Waals surface area contributed by atoms with E-state index in [1.165, 1.54) is 5.56 Å². The molecule has 0 saturated heterocycles. The van der Waals surface area contributed by atoms with Gasteiger partial charge in [0, 0.05) is 11.1 Å². The van der Waals surface area contributed by atoms with Crippen LogP contribution >= 0.6 is 11.3 Å². The first-order valence-electron chi connectivity index (χ1n) is 7.04. The van der Waals surface area contributed by atoms with Crippen molar-refractivity contribution in [1.29, 1.82) is 0 Å². The van der Waals surface area contributed by atoms with Crippen LogP contribution in [0.4, 0.5) is 0 Å². The van der Waals surface area contributed by atoms with Gasteiger partial charge in [-0.05, 0) is 25.5 Å². The molecule has 0 atom stereocenters. The van der Waals surface area contributed by atoms with E-state index in [0.29, 0.717) is 0 Å². The Morgan fingerprint density at radius 1 is 1.10 bits per heavy atom. The minimum absolute atomic E-state index is 0.0971. The van der Waals surface area contributed by atoms with Crippen LogP contribution in [-0.2, 0) is 5.41 Å². The molecule has 0 saturated carbocycles. The van der Waals surface area contributed by atoms with Crippen molar-refractivity contribution < 1.29 is 0 Å². The van der Waals surface area contributed by atoms with Crippen molar-refractivity contribution in [3.05, 3.63) is 58.4 Å². The number of hydrogen-bond acceptors (Lipinski definition) is 3. The van der Waals surface area contributed by atoms with E-state index < -0.39 is 0 Å². The Kier molecular flexibility index (Phi) is 3.41. The maximum atomic E-state index is 4.50. The predicted molar refractivity (Wildman–Crippen MR) is 87.7 cm³/mol. The second kappa shape index (κ2) is 5.11. The molecule has 3 nitrogen and oxygen atoms in total. The molecule has 0 spiro atoms. The number of nitrogens with one attached hydrogen (secondary N) is 1. The van der Waals surface area contributed by atoms with Crippen LogP contribution in [0.15, 0.2) is 36.4 Å². The topological polar surface area (TPSA) is 41.6 Å². The summed E-state index contributed by atoms with van der Waals surface area (Å²) in [5.74, 6) is 0. The molecule has 1 N–H and O–H groups in total. The molecule has 0 aliphatic heterocycles. The van der Waals surface area contributed by atoms with Crippen LogP contribution in [-0.4, -0.2) is 15.2 Å². The zero-order chi connectivity index (χ0) is 15.0. The number of aromatic nitrogens is 3. The summed E-state index contributed by atoms with van der Waals surface area (Å²) in [5.41, 5.74) is 4.33. The van der Waals surface area contributed by atoms with Gasteiger partial charge in [0.2, 0.25) is 0 Å². The van der Waals surface area contributed by atoms with Crippen molar-refractivity contribution in [3.63, 3.8) is 0 Å². The lowest BCUT2D eigenvalue weighted by molar-refractivity contribution is 0.614. The van der Waals surface area contributed by atoms with E-state index >= 15 is 0 Å². The van der Waals surface area contributed by atoms with E-state index in [2.05, 4.69) is 59.4 Å². The van der Waals surface area contributed by atoms with Crippen molar-refractivity contribution in [2.45, 2.75) is 33.1 Å². The Hall–Kier alpha value is -1.94. The van der Waals surface area contributed by atoms with E-state index in [9.17, 15) is 0 Å². The average Bonchev–Trinajstić information content (AvgIpc) is 3.06. The minimum Gasteiger partial charge on any atom is -0.281 e. The van der Waals surface area contributed by atoms with Crippen LogP contribution in [0.5, 0.6) is 0 Å². The van der Waals surface area contributed by atoms with E-state index in [1.54, 1.807) is 11.3 Å². The molecule has 108 valence electrons. The Morgan fingerprint density at radius 3 is 2.43 bits per heavy atom. The SMILES string of the molecule is Cc1nc(C)c(-c2cc(C(C)(C)c3ccccc3)[nH]n2)s1. The minimum atomic E-state index is -0.0971. The molecule has 3 rings (SSSR count). The molecule has 0 aliphatic rings. The van der Waals surface area contributed by atoms with Gasteiger partial charge in [-0.1, -0.05) is 44.2 Å². The number of aryl methyl sites for hydroxylation is 2. The van der Waals surface area contributed by atoms with E-state index in [0.717, 1.165) is 27.0 Å². The van der Waals surface area contributed by atoms with Gasteiger partial charge in [-0.2, -0.15) is 5.10 Å². The van der Waals surface area contributed by atoms with Gasteiger partial charge in [0.05, 0.1) is 15.6 Å². The van der Waals surface area contributed by atoms with E-state index in [-0.39, 0.29) is 5.41 Å². The van der Waals surface area contributed by atoms with Gasteiger partial charge in [-0.3, -0.25) is 5.10 Å². The van der Waals surface area contributed by atoms with Gasteiger partial charge in [-0.15, -0.1) is 11.3 Å². The highest BCUT2D eigenvalue weighted by Gasteiger charge is 2.26. The molecule has 2 heterocycles. The summed E-state index contributed by atoms with van der Waals surface area (Å²) < 4.78 is 0. The number of thiazole rings is 1. The van der Waals surface area contributed by atoms with Gasteiger partial charge in [0.1, 0.15) is 5.69 Å². The quantitative estimate of drug-likeness (QED) is 0.774. The molecule has 21 heavy (non-hydrogen) atoms. The van der Waals surface area contributed by atoms with Crippen molar-refractivity contribution in [2.24, 2.45) is 0 Å². The zero-order valence-corrected chi connectivity index (χ0v) is 13.6. The lowest BCUT2D eigenvalue weighted by Crippen LogP contribution is -2.19. The molecule has 0 amide bonds. The first-order chi connectivity index (χ1) is 9.98. The largest absolute Gasteiger partial charge is 0.281 e. The first-order valence-corrected chi connectivity index (χ1v) is 7.86. The molecule has 0 unspecified atom stereocenters. The molecule has 1 aromatic carbocycles. The number of benzene rings is 1. The second-order valence-corrected chi connectivity index (χ2v) is 7.01. The van der Waals surface area contributed by atoms with Crippen molar-refractivity contribution in [3.8, 4) is 10.6 Å². The second-order valence-electron chi connectivity index (χ2n) is 5.81. The maximum absolute atomic E-state index is 4.50. The van der Waals surface area contributed by atoms with E-state index in [4.69, 9.17) is 0 Å². The Balaban J connectivity index is 2.00. The third-order valence-corrected chi connectivity index (χ3v) is 4.98. The van der Waals surface area contributed by atoms with Gasteiger partial charge in [-0.25, -0.2) is 4.98 Å². The van der Waals surface area contributed by atoms with Gasteiger partial charge < -0.3 is 0 Å². The van der Waals surface area contributed by atoms with Crippen LogP contribution in [0.3, 0.4) is 0 Å². The van der Waals surface area contributed by atoms with Gasteiger partial charge in [0.15, 0.2) is 0 Å². The van der Waals surface area contributed by atoms with Crippen molar-refractivity contribution in [1.82, 2.24) is 15.2 Å². The van der Waals surface area contributed by atoms with Crippen molar-refractivity contribution >= 4 is 11.3 Å². The number of rotatable bonds is 3. The van der Waals surface area contributed by atoms with Crippen LogP contribution in [0.25, 0.3) is 10.6 Å². The molecule has 4 heteroatoms. The fraction of sp³-hybridized carbons (Fsp3) is 0.294. The first kappa shape index (κ1) is 14.0. The monoisotopic (exact) mass is 297 g/mol. The summed E-state index contributed by atoms with van der Waals surface area (Å²) in [6.07, 6.45) is 0. The fourth-order valence-electron chi connectivity index (χ4n) is 2.54. The molecular formula is C17H19N3S. The number of hydrogen-bond donors (Lipinski definition) is 1. The molecule has 0 aliphatic carbocycles. The Labute approximate surface area is 129 Å². The number of aromatic amines is 1. The number of nitrogens with zero attached hydrogens (tertiary/aromatic N) is 2. The van der Waals surface area contributed by atoms with Gasteiger partial charge in [0.25, 0.3) is 0 Å². The summed E-state index contributed by atoms with van der Waals surface area (Å²) in [6, 6.07) is 12.6. The lowest BCUT2D eigenvalue weighted by atomic mass is 9.81. The highest BCUT2D eigenvalue weighted by atomic mass is 32.1. The molecule has 0 radical (unpaired) electrons. The van der Waals surface area contributed by atoms with Crippen LogP contribution < -0.4 is 0 Å². The maximum Gasteiger partial charge on any atom is 0.104 e. The highest BCUT2D eigenvalue weighted by Crippen LogP contribution is 2.34. The Bertz CT molecular complexity index is 753. The normalized spacial score (nSPS) is 11.8. The molecule has 3 aromatic rings. The standard InChI is InChI=1S/C17H19N3S/c1-11-16(21-12(2)18-11)14-10-15(20-19-14)17(3,4)13-8-6-5-7-9-13/h5-10H,1-4H3,(H,19,20). The van der Waals surface area contributed by atoms with Crippen molar-refractivity contribution in [2.75, 3.05) is 0 Å². The van der Waals surface area contributed by atoms with Gasteiger partial charge >= 0.3 is 0 Å². The molecule has 0 fully saturated rings. The smallest absolute Gasteiger partial charge is 0.104 e. The predicted octanol–water partition coefficient (Wildman–Crippen LogP) is 4.48. The molecular weight excluding hydrogens is 278 g/mol. The Morgan fingerprint density at radius 2 is 1.81 bits per heavy atom. The summed E-state index contributed by atoms with van der Waals surface area (Å²) in [4.78, 5) is 5.63. The average molecular weight is 297 g/mol. The highest BCUT2D eigenvalue weighted by molar-refractivity contribution is 7.15. The van der Waals surface area contributed by atoms with E-state index in [1.807, 2.05) is 19.9 Å². The third-order valence-electron chi connectivity index (χ3n) is 3.88. The zero-order valence-electron chi connectivity index (χ0n) is 12.8. The van der Waals surface area contributed by atoms with Crippen LogP contribution in [0.1, 0.15) is 35.8 Å². The summed E-state index contributed by atoms with van der Waals surface area (Å²) >= 11 is 1.69. The lowest BCUT2D eigenvalue weighted by Gasteiger charge is -2.23. The van der Waals surface area contributed by atoms with Crippen LogP contribution in [0, 0.1) is 13.8 Å². The molecule has 0 bridgehead atoms. The summed E-state index contributed by atoms with van der Waals surface area (Å²) in [5, 5.41) is 8.78. The fourth-order valence-corrected chi connectivity index (χ4v) is 3.42. The summed E-state index contributed by atoms with van der Waals surface area (Å²) in [7, 11) is 0. The third kappa shape index (κ3) is 2.51. The van der Waals surface area contributed by atoms with Crippen LogP contribution in [0.2, 0.25) is 0 Å². The molecule has 2 aromatic heterocycles. The number of H-pyrrole nitrogens is 1.